The van der Waals surface area contributed by atoms with E-state index in [1.54, 1.807) is 4.90 Å². The molecule has 124 valence electrons. The molecule has 2 heterocycles. The lowest BCUT2D eigenvalue weighted by Crippen LogP contribution is -2.44. The second-order valence-corrected chi connectivity index (χ2v) is 5.80. The molecule has 24 heavy (non-hydrogen) atoms. The van der Waals surface area contributed by atoms with Gasteiger partial charge < -0.3 is 15.4 Å². The minimum atomic E-state index is -0.637. The third-order valence-corrected chi connectivity index (χ3v) is 4.19. The molecule has 1 atom stereocenters. The molecule has 0 aliphatic carbocycles. The summed E-state index contributed by atoms with van der Waals surface area (Å²) in [5, 5.41) is 0. The number of fused-ring (bicyclic) bond motifs is 1. The van der Waals surface area contributed by atoms with Gasteiger partial charge in [0.05, 0.1) is 5.56 Å². The Morgan fingerprint density at radius 3 is 2.92 bits per heavy atom. The Bertz CT molecular complexity index is 776. The SMILES string of the molecule is CC1CCc2ccccc2N1C(=O)COc1ccncc1C(N)=O. The van der Waals surface area contributed by atoms with Crippen molar-refractivity contribution in [1.29, 1.82) is 0 Å². The van der Waals surface area contributed by atoms with E-state index in [0.29, 0.717) is 0 Å². The molecule has 0 saturated carbocycles. The Labute approximate surface area is 140 Å². The zero-order chi connectivity index (χ0) is 17.1. The van der Waals surface area contributed by atoms with Crippen LogP contribution in [0.5, 0.6) is 5.75 Å². The number of nitrogens with zero attached hydrogens (tertiary/aromatic N) is 2. The van der Waals surface area contributed by atoms with E-state index < -0.39 is 5.91 Å². The van der Waals surface area contributed by atoms with Crippen LogP contribution in [0.15, 0.2) is 42.7 Å². The molecule has 0 fully saturated rings. The summed E-state index contributed by atoms with van der Waals surface area (Å²) in [5.41, 5.74) is 7.54. The molecule has 0 spiro atoms. The van der Waals surface area contributed by atoms with E-state index in [9.17, 15) is 9.59 Å². The van der Waals surface area contributed by atoms with Gasteiger partial charge in [0, 0.05) is 24.1 Å². The molecule has 2 N–H and O–H groups in total. The van der Waals surface area contributed by atoms with Gasteiger partial charge in [-0.2, -0.15) is 0 Å². The molecule has 1 aliphatic heterocycles. The first-order chi connectivity index (χ1) is 11.6. The Kier molecular flexibility index (Phi) is 4.46. The van der Waals surface area contributed by atoms with E-state index in [1.807, 2.05) is 31.2 Å². The van der Waals surface area contributed by atoms with Crippen molar-refractivity contribution < 1.29 is 14.3 Å². The van der Waals surface area contributed by atoms with Gasteiger partial charge in [-0.05, 0) is 37.5 Å². The summed E-state index contributed by atoms with van der Waals surface area (Å²) in [6.45, 7) is 1.86. The Balaban J connectivity index is 1.78. The van der Waals surface area contributed by atoms with Crippen LogP contribution in [0.25, 0.3) is 0 Å². The van der Waals surface area contributed by atoms with Crippen molar-refractivity contribution in [1.82, 2.24) is 4.98 Å². The predicted octanol–water partition coefficient (Wildman–Crippen LogP) is 1.93. The summed E-state index contributed by atoms with van der Waals surface area (Å²) in [7, 11) is 0. The lowest BCUT2D eigenvalue weighted by molar-refractivity contribution is -0.121. The fraction of sp³-hybridized carbons (Fsp3) is 0.278. The first-order valence-electron chi connectivity index (χ1n) is 7.84. The van der Waals surface area contributed by atoms with Gasteiger partial charge in [0.15, 0.2) is 6.61 Å². The van der Waals surface area contributed by atoms with Crippen molar-refractivity contribution in [3.8, 4) is 5.75 Å². The normalized spacial score (nSPS) is 16.4. The molecule has 0 bridgehead atoms. The van der Waals surface area contributed by atoms with Gasteiger partial charge in [0.1, 0.15) is 5.75 Å². The van der Waals surface area contributed by atoms with Crippen LogP contribution in [0.4, 0.5) is 5.69 Å². The smallest absolute Gasteiger partial charge is 0.265 e. The van der Waals surface area contributed by atoms with E-state index in [-0.39, 0.29) is 29.9 Å². The molecule has 3 rings (SSSR count). The van der Waals surface area contributed by atoms with Gasteiger partial charge in [-0.1, -0.05) is 18.2 Å². The number of hydrogen-bond donors (Lipinski definition) is 1. The van der Waals surface area contributed by atoms with E-state index in [2.05, 4.69) is 4.98 Å². The fourth-order valence-electron chi connectivity index (χ4n) is 2.97. The number of ether oxygens (including phenoxy) is 1. The van der Waals surface area contributed by atoms with Crippen LogP contribution in [-0.4, -0.2) is 29.4 Å². The van der Waals surface area contributed by atoms with Crippen molar-refractivity contribution in [3.63, 3.8) is 0 Å². The third kappa shape index (κ3) is 3.08. The van der Waals surface area contributed by atoms with Crippen LogP contribution in [0.1, 0.15) is 29.3 Å². The molecule has 1 aromatic heterocycles. The van der Waals surface area contributed by atoms with Crippen molar-refractivity contribution in [2.75, 3.05) is 11.5 Å². The molecule has 1 aromatic carbocycles. The average molecular weight is 325 g/mol. The quantitative estimate of drug-likeness (QED) is 0.930. The summed E-state index contributed by atoms with van der Waals surface area (Å²) in [5.74, 6) is -0.520. The maximum absolute atomic E-state index is 12.7. The van der Waals surface area contributed by atoms with Crippen molar-refractivity contribution >= 4 is 17.5 Å². The van der Waals surface area contributed by atoms with Crippen LogP contribution in [0.2, 0.25) is 0 Å². The van der Waals surface area contributed by atoms with E-state index in [4.69, 9.17) is 10.5 Å². The molecular weight excluding hydrogens is 306 g/mol. The minimum absolute atomic E-state index is 0.101. The summed E-state index contributed by atoms with van der Waals surface area (Å²) in [6, 6.07) is 9.52. The number of nitrogens with two attached hydrogens (primary N) is 1. The molecule has 0 saturated heterocycles. The maximum atomic E-state index is 12.7. The molecule has 2 aromatic rings. The van der Waals surface area contributed by atoms with Gasteiger partial charge in [-0.25, -0.2) is 0 Å². The highest BCUT2D eigenvalue weighted by Gasteiger charge is 2.28. The fourth-order valence-corrected chi connectivity index (χ4v) is 2.97. The summed E-state index contributed by atoms with van der Waals surface area (Å²) in [4.78, 5) is 29.7. The second-order valence-electron chi connectivity index (χ2n) is 5.80. The number of amides is 2. The van der Waals surface area contributed by atoms with Crippen molar-refractivity contribution in [2.24, 2.45) is 5.73 Å². The van der Waals surface area contributed by atoms with E-state index >= 15 is 0 Å². The molecule has 6 nitrogen and oxygen atoms in total. The summed E-state index contributed by atoms with van der Waals surface area (Å²) >= 11 is 0. The average Bonchev–Trinajstić information content (AvgIpc) is 2.59. The zero-order valence-electron chi connectivity index (χ0n) is 13.4. The molecule has 2 amide bonds. The number of aryl methyl sites for hydroxylation is 1. The van der Waals surface area contributed by atoms with E-state index in [0.717, 1.165) is 24.1 Å². The summed E-state index contributed by atoms with van der Waals surface area (Å²) < 4.78 is 5.54. The highest BCUT2D eigenvalue weighted by molar-refractivity contribution is 5.97. The molecular formula is C18H19N3O3. The molecule has 1 unspecified atom stereocenters. The lowest BCUT2D eigenvalue weighted by Gasteiger charge is -2.35. The largest absolute Gasteiger partial charge is 0.483 e. The molecule has 0 radical (unpaired) electrons. The first kappa shape index (κ1) is 16.0. The Morgan fingerprint density at radius 2 is 2.12 bits per heavy atom. The predicted molar refractivity (Wildman–Crippen MR) is 90.0 cm³/mol. The zero-order valence-corrected chi connectivity index (χ0v) is 13.4. The van der Waals surface area contributed by atoms with Crippen LogP contribution >= 0.6 is 0 Å². The van der Waals surface area contributed by atoms with Crippen LogP contribution in [0.3, 0.4) is 0 Å². The summed E-state index contributed by atoms with van der Waals surface area (Å²) in [6.07, 6.45) is 4.69. The van der Waals surface area contributed by atoms with Gasteiger partial charge in [-0.15, -0.1) is 0 Å². The molecule has 6 heteroatoms. The van der Waals surface area contributed by atoms with Gasteiger partial charge >= 0.3 is 0 Å². The van der Waals surface area contributed by atoms with Gasteiger partial charge in [0.25, 0.3) is 11.8 Å². The Morgan fingerprint density at radius 1 is 1.33 bits per heavy atom. The number of anilines is 1. The number of rotatable bonds is 4. The highest BCUT2D eigenvalue weighted by atomic mass is 16.5. The number of hydrogen-bond acceptors (Lipinski definition) is 4. The van der Waals surface area contributed by atoms with Crippen molar-refractivity contribution in [3.05, 3.63) is 53.9 Å². The standard InChI is InChI=1S/C18H19N3O3/c1-12-6-7-13-4-2-3-5-15(13)21(12)17(22)11-24-16-8-9-20-10-14(16)18(19)23/h2-5,8-10,12H,6-7,11H2,1H3,(H2,19,23). The van der Waals surface area contributed by atoms with Gasteiger partial charge in [0.2, 0.25) is 0 Å². The topological polar surface area (TPSA) is 85.5 Å². The van der Waals surface area contributed by atoms with E-state index in [1.165, 1.54) is 18.5 Å². The van der Waals surface area contributed by atoms with Crippen LogP contribution in [-0.2, 0) is 11.2 Å². The Hall–Kier alpha value is -2.89. The van der Waals surface area contributed by atoms with Crippen LogP contribution < -0.4 is 15.4 Å². The van der Waals surface area contributed by atoms with Crippen molar-refractivity contribution in [2.45, 2.75) is 25.8 Å². The number of benzene rings is 1. The molecule has 1 aliphatic rings. The number of aromatic nitrogens is 1. The minimum Gasteiger partial charge on any atom is -0.483 e. The monoisotopic (exact) mass is 325 g/mol. The van der Waals surface area contributed by atoms with Gasteiger partial charge in [-0.3, -0.25) is 14.6 Å². The highest BCUT2D eigenvalue weighted by Crippen LogP contribution is 2.30. The first-order valence-corrected chi connectivity index (χ1v) is 7.84. The number of carbonyl (C=O) groups excluding carboxylic acids is 2. The second kappa shape index (κ2) is 6.70. The third-order valence-electron chi connectivity index (χ3n) is 4.19. The number of para-hydroxylation sites is 1. The number of carbonyl (C=O) groups is 2. The lowest BCUT2D eigenvalue weighted by atomic mass is 9.96. The maximum Gasteiger partial charge on any atom is 0.265 e. The number of primary amides is 1. The van der Waals surface area contributed by atoms with Crippen LogP contribution in [0, 0.1) is 0 Å². The number of pyridine rings is 1.